The fraction of sp³-hybridized carbons (Fsp3) is 0.0400. The van der Waals surface area contributed by atoms with Crippen LogP contribution in [0.2, 0.25) is 0 Å². The highest BCUT2D eigenvalue weighted by atomic mass is 19.1. The van der Waals surface area contributed by atoms with Crippen molar-refractivity contribution in [1.82, 2.24) is 0 Å². The third-order valence-corrected chi connectivity index (χ3v) is 5.68. The quantitative estimate of drug-likeness (QED) is 0.592. The van der Waals surface area contributed by atoms with Gasteiger partial charge in [0.05, 0.1) is 5.41 Å². The molecule has 0 amide bonds. The molecule has 2 aliphatic carbocycles. The minimum absolute atomic E-state index is 0.444. The van der Waals surface area contributed by atoms with E-state index in [4.69, 9.17) is 0 Å². The summed E-state index contributed by atoms with van der Waals surface area (Å²) in [5, 5.41) is 19.4. The highest BCUT2D eigenvalue weighted by Crippen LogP contribution is 2.53. The first kappa shape index (κ1) is 17.4. The van der Waals surface area contributed by atoms with Crippen molar-refractivity contribution in [2.75, 3.05) is 0 Å². The fourth-order valence-corrected chi connectivity index (χ4v) is 4.31. The molecule has 0 fully saturated rings. The lowest BCUT2D eigenvalue weighted by molar-refractivity contribution is 0.430. The topological polar surface area (TPSA) is 40.5 Å². The van der Waals surface area contributed by atoms with Crippen molar-refractivity contribution in [3.8, 4) is 11.5 Å². The van der Waals surface area contributed by atoms with Crippen LogP contribution < -0.4 is 0 Å². The number of halogens is 2. The van der Waals surface area contributed by atoms with E-state index in [0.29, 0.717) is 11.1 Å². The lowest BCUT2D eigenvalue weighted by Gasteiger charge is -2.37. The zero-order valence-corrected chi connectivity index (χ0v) is 15.2. The number of hydrogen-bond donors (Lipinski definition) is 2. The van der Waals surface area contributed by atoms with Gasteiger partial charge in [0, 0.05) is 0 Å². The van der Waals surface area contributed by atoms with Gasteiger partial charge in [-0.05, 0) is 63.7 Å². The molecule has 2 N–H and O–H groups in total. The van der Waals surface area contributed by atoms with Gasteiger partial charge in [0.2, 0.25) is 0 Å². The SMILES string of the molecule is Oc1ccc(C2(c3ccc(O)c(F)c3)C=CC=C3C2=Cc2ccccc23)cc1F. The molecule has 0 saturated heterocycles. The number of rotatable bonds is 2. The van der Waals surface area contributed by atoms with Crippen LogP contribution in [-0.2, 0) is 5.41 Å². The second-order valence-corrected chi connectivity index (χ2v) is 7.23. The molecular formula is C25H16F2O2. The predicted octanol–water partition coefficient (Wildman–Crippen LogP) is 5.71. The molecule has 0 radical (unpaired) electrons. The Morgan fingerprint density at radius 3 is 2.00 bits per heavy atom. The first-order valence-electron chi connectivity index (χ1n) is 9.20. The van der Waals surface area contributed by atoms with Gasteiger partial charge in [-0.2, -0.15) is 0 Å². The van der Waals surface area contributed by atoms with Crippen LogP contribution in [0.15, 0.2) is 84.5 Å². The van der Waals surface area contributed by atoms with E-state index < -0.39 is 28.5 Å². The molecule has 0 saturated carbocycles. The van der Waals surface area contributed by atoms with Crippen LogP contribution in [-0.4, -0.2) is 10.2 Å². The summed E-state index contributed by atoms with van der Waals surface area (Å²) in [6.07, 6.45) is 7.79. The highest BCUT2D eigenvalue weighted by molar-refractivity contribution is 6.00. The van der Waals surface area contributed by atoms with Gasteiger partial charge in [-0.1, -0.05) is 54.6 Å². The summed E-state index contributed by atoms with van der Waals surface area (Å²) in [6.45, 7) is 0. The Morgan fingerprint density at radius 1 is 0.759 bits per heavy atom. The maximum Gasteiger partial charge on any atom is 0.165 e. The zero-order chi connectivity index (χ0) is 20.2. The molecule has 3 aromatic rings. The van der Waals surface area contributed by atoms with Gasteiger partial charge in [0.15, 0.2) is 23.1 Å². The molecule has 2 nitrogen and oxygen atoms in total. The lowest BCUT2D eigenvalue weighted by atomic mass is 9.65. The summed E-state index contributed by atoms with van der Waals surface area (Å²) < 4.78 is 28.7. The van der Waals surface area contributed by atoms with Crippen molar-refractivity contribution >= 4 is 11.6 Å². The van der Waals surface area contributed by atoms with E-state index in [1.807, 2.05) is 48.6 Å². The van der Waals surface area contributed by atoms with Crippen molar-refractivity contribution in [3.63, 3.8) is 0 Å². The Balaban J connectivity index is 1.83. The molecule has 0 aromatic heterocycles. The summed E-state index contributed by atoms with van der Waals surface area (Å²) in [5.41, 5.74) is 4.07. The van der Waals surface area contributed by atoms with Gasteiger partial charge >= 0.3 is 0 Å². The minimum atomic E-state index is -0.980. The predicted molar refractivity (Wildman–Crippen MR) is 108 cm³/mol. The van der Waals surface area contributed by atoms with Gasteiger partial charge in [-0.15, -0.1) is 0 Å². The minimum Gasteiger partial charge on any atom is -0.505 e. The summed E-state index contributed by atoms with van der Waals surface area (Å²) >= 11 is 0. The average molecular weight is 386 g/mol. The van der Waals surface area contributed by atoms with E-state index in [2.05, 4.69) is 0 Å². The van der Waals surface area contributed by atoms with Gasteiger partial charge in [0.1, 0.15) is 0 Å². The molecule has 0 unspecified atom stereocenters. The summed E-state index contributed by atoms with van der Waals surface area (Å²) in [7, 11) is 0. The molecule has 2 aliphatic rings. The Labute approximate surface area is 166 Å². The number of phenolic OH excluding ortho intramolecular Hbond substituents is 2. The summed E-state index contributed by atoms with van der Waals surface area (Å²) in [4.78, 5) is 0. The van der Waals surface area contributed by atoms with E-state index in [1.165, 1.54) is 24.3 Å². The highest BCUT2D eigenvalue weighted by Gasteiger charge is 2.42. The number of phenols is 2. The molecule has 29 heavy (non-hydrogen) atoms. The van der Waals surface area contributed by atoms with E-state index in [0.717, 1.165) is 22.3 Å². The first-order valence-corrected chi connectivity index (χ1v) is 9.20. The number of hydrogen-bond acceptors (Lipinski definition) is 2. The van der Waals surface area contributed by atoms with Crippen molar-refractivity contribution in [3.05, 3.63) is 118 Å². The van der Waals surface area contributed by atoms with Gasteiger partial charge in [-0.25, -0.2) is 8.78 Å². The van der Waals surface area contributed by atoms with E-state index in [-0.39, 0.29) is 0 Å². The molecule has 0 bridgehead atoms. The van der Waals surface area contributed by atoms with E-state index >= 15 is 0 Å². The normalized spacial score (nSPS) is 16.1. The number of fused-ring (bicyclic) bond motifs is 3. The smallest absolute Gasteiger partial charge is 0.165 e. The second-order valence-electron chi connectivity index (χ2n) is 7.23. The molecule has 5 rings (SSSR count). The second kappa shape index (κ2) is 6.17. The van der Waals surface area contributed by atoms with Crippen LogP contribution in [0.4, 0.5) is 8.78 Å². The Hall–Kier alpha value is -3.66. The molecule has 0 aliphatic heterocycles. The van der Waals surface area contributed by atoms with Crippen LogP contribution in [0.1, 0.15) is 22.3 Å². The maximum absolute atomic E-state index is 14.3. The van der Waals surface area contributed by atoms with Gasteiger partial charge in [-0.3, -0.25) is 0 Å². The third-order valence-electron chi connectivity index (χ3n) is 5.68. The summed E-state index contributed by atoms with van der Waals surface area (Å²) in [6, 6.07) is 16.4. The molecule has 4 heteroatoms. The van der Waals surface area contributed by atoms with Crippen LogP contribution >= 0.6 is 0 Å². The van der Waals surface area contributed by atoms with Crippen LogP contribution in [0, 0.1) is 11.6 Å². The van der Waals surface area contributed by atoms with Crippen molar-refractivity contribution in [2.24, 2.45) is 0 Å². The largest absolute Gasteiger partial charge is 0.505 e. The van der Waals surface area contributed by atoms with E-state index in [1.54, 1.807) is 12.1 Å². The molecule has 0 heterocycles. The van der Waals surface area contributed by atoms with Gasteiger partial charge in [0.25, 0.3) is 0 Å². The molecule has 142 valence electrons. The molecule has 3 aromatic carbocycles. The monoisotopic (exact) mass is 386 g/mol. The number of allylic oxidation sites excluding steroid dienone is 5. The van der Waals surface area contributed by atoms with Crippen LogP contribution in [0.3, 0.4) is 0 Å². The van der Waals surface area contributed by atoms with Crippen LogP contribution in [0.25, 0.3) is 11.6 Å². The Bertz CT molecular complexity index is 1200. The zero-order valence-electron chi connectivity index (χ0n) is 15.2. The number of aromatic hydroxyl groups is 2. The van der Waals surface area contributed by atoms with Crippen molar-refractivity contribution < 1.29 is 19.0 Å². The third kappa shape index (κ3) is 2.46. The maximum atomic E-state index is 14.3. The number of benzene rings is 3. The summed E-state index contributed by atoms with van der Waals surface area (Å²) in [5.74, 6) is -2.39. The molecule has 0 spiro atoms. The lowest BCUT2D eigenvalue weighted by Crippen LogP contribution is -2.29. The van der Waals surface area contributed by atoms with Gasteiger partial charge < -0.3 is 10.2 Å². The first-order chi connectivity index (χ1) is 14.0. The molecule has 0 atom stereocenters. The Kier molecular flexibility index (Phi) is 3.71. The standard InChI is InChI=1S/C25H16F2O2/c26-21-13-16(7-9-23(21)28)25(17-8-10-24(29)22(27)14-17)11-3-6-19-18-5-2-1-4-15(18)12-20(19)25/h1-14,28-29H. The molecular weight excluding hydrogens is 370 g/mol. The fourth-order valence-electron chi connectivity index (χ4n) is 4.31. The Morgan fingerprint density at radius 2 is 1.38 bits per heavy atom. The average Bonchev–Trinajstić information content (AvgIpc) is 3.11. The van der Waals surface area contributed by atoms with Crippen molar-refractivity contribution in [1.29, 1.82) is 0 Å². The van der Waals surface area contributed by atoms with Crippen molar-refractivity contribution in [2.45, 2.75) is 5.41 Å². The van der Waals surface area contributed by atoms with Crippen LogP contribution in [0.5, 0.6) is 11.5 Å². The van der Waals surface area contributed by atoms with E-state index in [9.17, 15) is 19.0 Å².